The second-order valence-corrected chi connectivity index (χ2v) is 7.79. The molecule has 3 aliphatic carbocycles. The van der Waals surface area contributed by atoms with Crippen molar-refractivity contribution >= 4 is 11.6 Å². The monoisotopic (exact) mass is 272 g/mol. The third kappa shape index (κ3) is 1.63. The highest BCUT2D eigenvalue weighted by Crippen LogP contribution is 2.62. The number of Topliss-reactive ketones (excluding diaryl/α,β-unsaturated/α-hetero) is 1. The lowest BCUT2D eigenvalue weighted by atomic mass is 9.48. The highest BCUT2D eigenvalue weighted by Gasteiger charge is 2.54. The molecule has 0 heterocycles. The molecule has 0 N–H and O–H groups in total. The maximum atomic E-state index is 12.3. The molecule has 0 bridgehead atoms. The van der Waals surface area contributed by atoms with E-state index in [0.29, 0.717) is 18.6 Å². The second kappa shape index (κ2) is 3.93. The minimum Gasteiger partial charge on any atom is -0.299 e. The molecule has 0 amide bonds. The zero-order valence-electron chi connectivity index (χ0n) is 13.0. The van der Waals surface area contributed by atoms with Gasteiger partial charge in [0.15, 0.2) is 5.78 Å². The Morgan fingerprint density at radius 1 is 0.950 bits per heavy atom. The van der Waals surface area contributed by atoms with Crippen LogP contribution in [0.2, 0.25) is 0 Å². The van der Waals surface area contributed by atoms with Gasteiger partial charge in [0.1, 0.15) is 5.78 Å². The first-order valence-electron chi connectivity index (χ1n) is 7.70. The van der Waals surface area contributed by atoms with Gasteiger partial charge in [0.05, 0.1) is 0 Å². The van der Waals surface area contributed by atoms with Crippen molar-refractivity contribution < 1.29 is 9.59 Å². The van der Waals surface area contributed by atoms with Gasteiger partial charge < -0.3 is 0 Å². The summed E-state index contributed by atoms with van der Waals surface area (Å²) in [5.74, 6) is 0.599. The number of allylic oxidation sites excluding steroid dienone is 4. The highest BCUT2D eigenvalue weighted by atomic mass is 16.1. The van der Waals surface area contributed by atoms with Gasteiger partial charge in [-0.3, -0.25) is 9.59 Å². The van der Waals surface area contributed by atoms with Crippen LogP contribution in [0.5, 0.6) is 0 Å². The second-order valence-electron chi connectivity index (χ2n) is 7.79. The standard InChI is InChI=1S/C18H24O2/c1-16(2)13-6-9-17(3)8-5-12(19)11-14(17)18(13,4)10-7-15(16)20/h6,11H,5,7-10H2,1-4H3/t17-,18+/m1/s1. The molecule has 1 saturated carbocycles. The van der Waals surface area contributed by atoms with Crippen molar-refractivity contribution in [2.45, 2.75) is 59.8 Å². The van der Waals surface area contributed by atoms with Crippen LogP contribution in [0.4, 0.5) is 0 Å². The van der Waals surface area contributed by atoms with Gasteiger partial charge in [0, 0.05) is 23.7 Å². The molecule has 0 aromatic rings. The Kier molecular flexibility index (Phi) is 2.71. The molecular weight excluding hydrogens is 248 g/mol. The van der Waals surface area contributed by atoms with E-state index in [2.05, 4.69) is 19.9 Å². The van der Waals surface area contributed by atoms with Crippen LogP contribution in [-0.2, 0) is 9.59 Å². The van der Waals surface area contributed by atoms with E-state index in [0.717, 1.165) is 19.3 Å². The summed E-state index contributed by atoms with van der Waals surface area (Å²) in [5, 5.41) is 0. The van der Waals surface area contributed by atoms with Gasteiger partial charge in [-0.1, -0.05) is 31.1 Å². The number of ketones is 2. The quantitative estimate of drug-likeness (QED) is 0.624. The zero-order valence-corrected chi connectivity index (χ0v) is 13.0. The molecule has 0 aliphatic heterocycles. The molecule has 2 atom stereocenters. The van der Waals surface area contributed by atoms with E-state index in [9.17, 15) is 9.59 Å². The fourth-order valence-corrected chi connectivity index (χ4v) is 4.72. The first kappa shape index (κ1) is 13.8. The SMILES string of the molecule is CC1(C)C(=O)CC[C@@]2(C)C1=CC[C@@]1(C)CCC(=O)C=C12. The summed E-state index contributed by atoms with van der Waals surface area (Å²) < 4.78 is 0. The lowest BCUT2D eigenvalue weighted by Crippen LogP contribution is -2.48. The van der Waals surface area contributed by atoms with Crippen molar-refractivity contribution in [3.05, 3.63) is 23.3 Å². The van der Waals surface area contributed by atoms with Gasteiger partial charge in [-0.25, -0.2) is 0 Å². The van der Waals surface area contributed by atoms with Crippen LogP contribution in [0.3, 0.4) is 0 Å². The van der Waals surface area contributed by atoms with Crippen molar-refractivity contribution in [1.82, 2.24) is 0 Å². The Labute approximate surface area is 121 Å². The molecule has 1 fully saturated rings. The molecule has 2 heteroatoms. The molecule has 0 aromatic heterocycles. The first-order valence-corrected chi connectivity index (χ1v) is 7.70. The summed E-state index contributed by atoms with van der Waals surface area (Å²) in [7, 11) is 0. The Morgan fingerprint density at radius 3 is 2.35 bits per heavy atom. The highest BCUT2D eigenvalue weighted by molar-refractivity contribution is 5.93. The minimum absolute atomic E-state index is 0.0967. The molecule has 108 valence electrons. The van der Waals surface area contributed by atoms with Crippen LogP contribution in [0.25, 0.3) is 0 Å². The molecule has 3 rings (SSSR count). The summed E-state index contributed by atoms with van der Waals surface area (Å²) in [6, 6.07) is 0. The predicted octanol–water partition coefficient (Wildman–Crippen LogP) is 4.01. The summed E-state index contributed by atoms with van der Waals surface area (Å²) in [4.78, 5) is 24.2. The van der Waals surface area contributed by atoms with Crippen molar-refractivity contribution in [2.24, 2.45) is 16.2 Å². The molecule has 0 aromatic carbocycles. The molecular formula is C18H24O2. The third-order valence-electron chi connectivity index (χ3n) is 6.05. The summed E-state index contributed by atoms with van der Waals surface area (Å²) in [6.07, 6.45) is 8.28. The maximum Gasteiger partial charge on any atom is 0.155 e. The summed E-state index contributed by atoms with van der Waals surface area (Å²) >= 11 is 0. The Hall–Kier alpha value is -1.18. The van der Waals surface area contributed by atoms with Crippen LogP contribution < -0.4 is 0 Å². The van der Waals surface area contributed by atoms with Crippen molar-refractivity contribution in [2.75, 3.05) is 0 Å². The van der Waals surface area contributed by atoms with E-state index in [1.54, 1.807) is 0 Å². The number of hydrogen-bond acceptors (Lipinski definition) is 2. The Balaban J connectivity index is 2.19. The van der Waals surface area contributed by atoms with E-state index in [1.165, 1.54) is 11.1 Å². The molecule has 0 unspecified atom stereocenters. The number of hydrogen-bond donors (Lipinski definition) is 0. The number of fused-ring (bicyclic) bond motifs is 3. The largest absolute Gasteiger partial charge is 0.299 e. The van der Waals surface area contributed by atoms with Crippen LogP contribution in [0.15, 0.2) is 23.3 Å². The molecule has 20 heavy (non-hydrogen) atoms. The van der Waals surface area contributed by atoms with Gasteiger partial charge in [-0.2, -0.15) is 0 Å². The van der Waals surface area contributed by atoms with E-state index in [1.807, 2.05) is 19.9 Å². The first-order chi connectivity index (χ1) is 9.20. The molecule has 0 saturated heterocycles. The third-order valence-corrected chi connectivity index (χ3v) is 6.05. The fourth-order valence-electron chi connectivity index (χ4n) is 4.72. The molecule has 0 radical (unpaired) electrons. The van der Waals surface area contributed by atoms with E-state index < -0.39 is 0 Å². The van der Waals surface area contributed by atoms with E-state index in [-0.39, 0.29) is 22.0 Å². The van der Waals surface area contributed by atoms with Crippen LogP contribution in [-0.4, -0.2) is 11.6 Å². The Morgan fingerprint density at radius 2 is 1.65 bits per heavy atom. The normalized spacial score (nSPS) is 39.6. The van der Waals surface area contributed by atoms with Gasteiger partial charge in [0.25, 0.3) is 0 Å². The topological polar surface area (TPSA) is 34.1 Å². The van der Waals surface area contributed by atoms with E-state index in [4.69, 9.17) is 0 Å². The lowest BCUT2D eigenvalue weighted by molar-refractivity contribution is -0.128. The average molecular weight is 272 g/mol. The van der Waals surface area contributed by atoms with Crippen molar-refractivity contribution in [3.8, 4) is 0 Å². The van der Waals surface area contributed by atoms with E-state index >= 15 is 0 Å². The maximum absolute atomic E-state index is 12.3. The smallest absolute Gasteiger partial charge is 0.155 e. The van der Waals surface area contributed by atoms with Gasteiger partial charge in [0.2, 0.25) is 0 Å². The van der Waals surface area contributed by atoms with Crippen molar-refractivity contribution in [3.63, 3.8) is 0 Å². The summed E-state index contributed by atoms with van der Waals surface area (Å²) in [6.45, 7) is 8.63. The van der Waals surface area contributed by atoms with Crippen molar-refractivity contribution in [1.29, 1.82) is 0 Å². The van der Waals surface area contributed by atoms with Crippen LogP contribution in [0.1, 0.15) is 59.8 Å². The fraction of sp³-hybridized carbons (Fsp3) is 0.667. The summed E-state index contributed by atoms with van der Waals surface area (Å²) in [5.41, 5.74) is 2.18. The minimum atomic E-state index is -0.379. The van der Waals surface area contributed by atoms with Gasteiger partial charge in [-0.05, 0) is 44.6 Å². The molecule has 3 aliphatic rings. The van der Waals surface area contributed by atoms with Gasteiger partial charge >= 0.3 is 0 Å². The van der Waals surface area contributed by atoms with Crippen LogP contribution in [0, 0.1) is 16.2 Å². The average Bonchev–Trinajstić information content (AvgIpc) is 2.37. The number of rotatable bonds is 0. The molecule has 0 spiro atoms. The number of carbonyl (C=O) groups is 2. The molecule has 2 nitrogen and oxygen atoms in total. The lowest BCUT2D eigenvalue weighted by Gasteiger charge is -2.55. The zero-order chi connectivity index (χ0) is 14.8. The number of carbonyl (C=O) groups excluding carboxylic acids is 2. The predicted molar refractivity (Wildman–Crippen MR) is 79.3 cm³/mol. The van der Waals surface area contributed by atoms with Gasteiger partial charge in [-0.15, -0.1) is 0 Å². The Bertz CT molecular complexity index is 564. The van der Waals surface area contributed by atoms with Crippen LogP contribution >= 0.6 is 0 Å².